The number of aliphatic hydroxyl groups excluding tert-OH is 1. The van der Waals surface area contributed by atoms with Crippen LogP contribution >= 0.6 is 15.9 Å². The molecule has 1 N–H and O–H groups in total. The van der Waals surface area contributed by atoms with Crippen molar-refractivity contribution in [3.05, 3.63) is 22.2 Å². The van der Waals surface area contributed by atoms with Gasteiger partial charge in [-0.3, -0.25) is 0 Å². The molecule has 0 unspecified atom stereocenters. The largest absolute Gasteiger partial charge is 0.390 e. The van der Waals surface area contributed by atoms with Gasteiger partial charge in [-0.05, 0) is 28.8 Å². The highest BCUT2D eigenvalue weighted by atomic mass is 79.9. The molecule has 0 spiro atoms. The summed E-state index contributed by atoms with van der Waals surface area (Å²) in [7, 11) is 0. The number of halogens is 3. The monoisotopic (exact) mass is 278 g/mol. The Morgan fingerprint density at radius 1 is 1.53 bits per heavy atom. The molecule has 15 heavy (non-hydrogen) atoms. The van der Waals surface area contributed by atoms with Crippen molar-refractivity contribution in [3.63, 3.8) is 0 Å². The van der Waals surface area contributed by atoms with E-state index in [2.05, 4.69) is 25.9 Å². The molecular formula is C9H9BrF2N2O. The number of rotatable bonds is 3. The Hall–Kier alpha value is -0.620. The molecule has 6 heteroatoms. The summed E-state index contributed by atoms with van der Waals surface area (Å²) in [6, 6.07) is 0. The normalized spacial score (nSPS) is 16.8. The Balaban J connectivity index is 2.40. The van der Waals surface area contributed by atoms with Crippen LogP contribution in [-0.4, -0.2) is 21.7 Å². The molecule has 1 aromatic heterocycles. The van der Waals surface area contributed by atoms with Gasteiger partial charge in [0.2, 0.25) is 0 Å². The average molecular weight is 279 g/mol. The Bertz CT molecular complexity index is 382. The Morgan fingerprint density at radius 2 is 2.20 bits per heavy atom. The van der Waals surface area contributed by atoms with Crippen LogP contribution < -0.4 is 0 Å². The fourth-order valence-corrected chi connectivity index (χ4v) is 1.73. The van der Waals surface area contributed by atoms with Crippen molar-refractivity contribution in [3.8, 4) is 0 Å². The third-order valence-electron chi connectivity index (χ3n) is 2.25. The van der Waals surface area contributed by atoms with Gasteiger partial charge in [0.1, 0.15) is 18.1 Å². The van der Waals surface area contributed by atoms with E-state index in [1.807, 2.05) is 0 Å². The molecule has 1 saturated carbocycles. The molecule has 0 aliphatic heterocycles. The molecule has 1 aromatic rings. The minimum Gasteiger partial charge on any atom is -0.390 e. The van der Waals surface area contributed by atoms with E-state index in [-0.39, 0.29) is 10.4 Å². The minimum absolute atomic E-state index is 0.131. The molecule has 1 aliphatic carbocycles. The number of hydrogen-bond acceptors (Lipinski definition) is 3. The molecule has 0 atom stereocenters. The van der Waals surface area contributed by atoms with Gasteiger partial charge in [-0.25, -0.2) is 9.97 Å². The van der Waals surface area contributed by atoms with E-state index in [4.69, 9.17) is 5.11 Å². The fraction of sp³-hybridized carbons (Fsp3) is 0.556. The summed E-state index contributed by atoms with van der Waals surface area (Å²) >= 11 is 2.96. The van der Waals surface area contributed by atoms with Crippen LogP contribution in [-0.2, 0) is 5.92 Å². The Kier molecular flexibility index (Phi) is 2.72. The molecule has 0 radical (unpaired) electrons. The van der Waals surface area contributed by atoms with Crippen LogP contribution in [0.4, 0.5) is 8.78 Å². The summed E-state index contributed by atoms with van der Waals surface area (Å²) in [6.07, 6.45) is 3.22. The summed E-state index contributed by atoms with van der Waals surface area (Å²) in [6.45, 7) is -1.24. The van der Waals surface area contributed by atoms with E-state index >= 15 is 0 Å². The van der Waals surface area contributed by atoms with Gasteiger partial charge in [-0.15, -0.1) is 0 Å². The molecule has 0 saturated heterocycles. The van der Waals surface area contributed by atoms with Crippen molar-refractivity contribution in [2.24, 2.45) is 0 Å². The van der Waals surface area contributed by atoms with Gasteiger partial charge in [-0.1, -0.05) is 0 Å². The van der Waals surface area contributed by atoms with Crippen LogP contribution in [0.1, 0.15) is 30.3 Å². The van der Waals surface area contributed by atoms with Gasteiger partial charge in [0.05, 0.1) is 4.47 Å². The fourth-order valence-electron chi connectivity index (χ4n) is 1.25. The first-order valence-corrected chi connectivity index (χ1v) is 5.35. The van der Waals surface area contributed by atoms with Gasteiger partial charge >= 0.3 is 5.92 Å². The first-order valence-electron chi connectivity index (χ1n) is 4.56. The lowest BCUT2D eigenvalue weighted by atomic mass is 10.2. The predicted molar refractivity (Wildman–Crippen MR) is 52.7 cm³/mol. The molecule has 0 aromatic carbocycles. The first kappa shape index (κ1) is 10.9. The Morgan fingerprint density at radius 3 is 2.73 bits per heavy atom. The molecular weight excluding hydrogens is 270 g/mol. The van der Waals surface area contributed by atoms with Crippen LogP contribution in [0.3, 0.4) is 0 Å². The molecule has 1 fully saturated rings. The van der Waals surface area contributed by atoms with E-state index < -0.39 is 18.2 Å². The zero-order chi connectivity index (χ0) is 11.1. The van der Waals surface area contributed by atoms with Crippen LogP contribution in [0, 0.1) is 0 Å². The lowest BCUT2D eigenvalue weighted by Gasteiger charge is -2.14. The average Bonchev–Trinajstić information content (AvgIpc) is 3.02. The van der Waals surface area contributed by atoms with E-state index in [1.165, 1.54) is 6.20 Å². The maximum absolute atomic E-state index is 13.2. The van der Waals surface area contributed by atoms with Crippen molar-refractivity contribution < 1.29 is 13.9 Å². The molecule has 0 bridgehead atoms. The second-order valence-electron chi connectivity index (χ2n) is 3.56. The third-order valence-corrected chi connectivity index (χ3v) is 2.83. The highest BCUT2D eigenvalue weighted by Gasteiger charge is 2.37. The number of nitrogens with zero attached hydrogens (tertiary/aromatic N) is 2. The highest BCUT2D eigenvalue weighted by Crippen LogP contribution is 2.40. The van der Waals surface area contributed by atoms with Gasteiger partial charge in [0, 0.05) is 12.1 Å². The molecule has 82 valence electrons. The van der Waals surface area contributed by atoms with Gasteiger partial charge in [0.15, 0.2) is 0 Å². The zero-order valence-corrected chi connectivity index (χ0v) is 9.34. The number of hydrogen-bond donors (Lipinski definition) is 1. The summed E-state index contributed by atoms with van der Waals surface area (Å²) in [4.78, 5) is 7.78. The number of alkyl halides is 2. The summed E-state index contributed by atoms with van der Waals surface area (Å²) in [5.41, 5.74) is -0.429. The summed E-state index contributed by atoms with van der Waals surface area (Å²) < 4.78 is 26.6. The van der Waals surface area contributed by atoms with Gasteiger partial charge in [-0.2, -0.15) is 8.78 Å². The second kappa shape index (κ2) is 3.75. The lowest BCUT2D eigenvalue weighted by Crippen LogP contribution is -2.21. The topological polar surface area (TPSA) is 46.0 Å². The SMILES string of the molecule is OCC(F)(F)c1nc(C2CC2)ncc1Br. The van der Waals surface area contributed by atoms with Crippen molar-refractivity contribution in [2.45, 2.75) is 24.7 Å². The van der Waals surface area contributed by atoms with Crippen molar-refractivity contribution in [2.75, 3.05) is 6.61 Å². The van der Waals surface area contributed by atoms with E-state index in [0.29, 0.717) is 5.82 Å². The van der Waals surface area contributed by atoms with Gasteiger partial charge in [0.25, 0.3) is 0 Å². The van der Waals surface area contributed by atoms with Crippen molar-refractivity contribution >= 4 is 15.9 Å². The molecule has 0 amide bonds. The highest BCUT2D eigenvalue weighted by molar-refractivity contribution is 9.10. The van der Waals surface area contributed by atoms with E-state index in [9.17, 15) is 8.78 Å². The maximum Gasteiger partial charge on any atom is 0.313 e. The number of aliphatic hydroxyl groups is 1. The molecule has 3 nitrogen and oxygen atoms in total. The summed E-state index contributed by atoms with van der Waals surface area (Å²) in [5, 5.41) is 8.59. The van der Waals surface area contributed by atoms with Gasteiger partial charge < -0.3 is 5.11 Å². The minimum atomic E-state index is -3.31. The van der Waals surface area contributed by atoms with Crippen LogP contribution in [0.2, 0.25) is 0 Å². The zero-order valence-electron chi connectivity index (χ0n) is 7.75. The Labute approximate surface area is 93.7 Å². The van der Waals surface area contributed by atoms with E-state index in [1.54, 1.807) is 0 Å². The standard InChI is InChI=1S/C9H9BrF2N2O/c10-6-3-13-8(5-1-2-5)14-7(6)9(11,12)4-15/h3,5,15H,1-2,4H2. The van der Waals surface area contributed by atoms with Crippen LogP contribution in [0.25, 0.3) is 0 Å². The first-order chi connectivity index (χ1) is 7.04. The van der Waals surface area contributed by atoms with Crippen molar-refractivity contribution in [1.29, 1.82) is 0 Å². The number of aromatic nitrogens is 2. The third kappa shape index (κ3) is 2.15. The smallest absolute Gasteiger partial charge is 0.313 e. The lowest BCUT2D eigenvalue weighted by molar-refractivity contribution is -0.0601. The van der Waals surface area contributed by atoms with E-state index in [0.717, 1.165) is 12.8 Å². The molecule has 1 aliphatic rings. The van der Waals surface area contributed by atoms with Crippen molar-refractivity contribution in [1.82, 2.24) is 9.97 Å². The molecule has 1 heterocycles. The predicted octanol–water partition coefficient (Wildman–Crippen LogP) is 2.20. The second-order valence-corrected chi connectivity index (χ2v) is 4.42. The van der Waals surface area contributed by atoms with Crippen LogP contribution in [0.15, 0.2) is 10.7 Å². The molecule has 2 rings (SSSR count). The summed E-state index contributed by atoms with van der Waals surface area (Å²) in [5.74, 6) is -2.65. The van der Waals surface area contributed by atoms with Crippen LogP contribution in [0.5, 0.6) is 0 Å². The quantitative estimate of drug-likeness (QED) is 0.922. The maximum atomic E-state index is 13.2.